The number of allylic oxidation sites excluding steroid dienone is 1. The molecule has 0 unspecified atom stereocenters. The summed E-state index contributed by atoms with van der Waals surface area (Å²) >= 11 is 0. The Morgan fingerprint density at radius 3 is 2.24 bits per heavy atom. The van der Waals surface area contributed by atoms with Crippen LogP contribution in [0.2, 0.25) is 0 Å². The number of rotatable bonds is 5. The van der Waals surface area contributed by atoms with E-state index in [1.165, 1.54) is 0 Å². The Morgan fingerprint density at radius 2 is 1.62 bits per heavy atom. The van der Waals surface area contributed by atoms with Crippen molar-refractivity contribution in [3.63, 3.8) is 0 Å². The standard InChI is InChI=1S/C23H20N2O4/c1-27-21-10-15(11-22(28-2)23(21)29-3)16-9-17-18(8-14-4-6-24-7-5-14)20(26)12-19(17)25-13-16/h4-11,13H,12H2,1-3H3. The zero-order valence-electron chi connectivity index (χ0n) is 16.4. The topological polar surface area (TPSA) is 70.5 Å². The van der Waals surface area contributed by atoms with E-state index in [2.05, 4.69) is 9.97 Å². The number of Topliss-reactive ketones (excluding diaryl/α,β-unsaturated/α-hetero) is 1. The maximum Gasteiger partial charge on any atom is 0.203 e. The first-order valence-corrected chi connectivity index (χ1v) is 9.09. The number of nitrogens with zero attached hydrogens (tertiary/aromatic N) is 2. The first-order valence-electron chi connectivity index (χ1n) is 9.09. The normalized spacial score (nSPS) is 14.0. The van der Waals surface area contributed by atoms with Gasteiger partial charge in [-0.25, -0.2) is 0 Å². The smallest absolute Gasteiger partial charge is 0.203 e. The lowest BCUT2D eigenvalue weighted by Gasteiger charge is -2.14. The van der Waals surface area contributed by atoms with Gasteiger partial charge in [-0.05, 0) is 47.5 Å². The summed E-state index contributed by atoms with van der Waals surface area (Å²) in [5.41, 5.74) is 4.93. The molecular formula is C23H20N2O4. The molecule has 1 aliphatic rings. The average molecular weight is 388 g/mol. The highest BCUT2D eigenvalue weighted by Crippen LogP contribution is 2.42. The number of fused-ring (bicyclic) bond motifs is 1. The van der Waals surface area contributed by atoms with Gasteiger partial charge in [0.25, 0.3) is 0 Å². The van der Waals surface area contributed by atoms with Crippen LogP contribution in [0.5, 0.6) is 17.2 Å². The molecule has 1 aliphatic carbocycles. The van der Waals surface area contributed by atoms with E-state index in [1.54, 1.807) is 39.9 Å². The lowest BCUT2D eigenvalue weighted by Crippen LogP contribution is -1.96. The van der Waals surface area contributed by atoms with Crippen LogP contribution in [-0.4, -0.2) is 37.1 Å². The molecule has 3 aromatic rings. The van der Waals surface area contributed by atoms with Crippen LogP contribution in [0.3, 0.4) is 0 Å². The Hall–Kier alpha value is -3.67. The minimum Gasteiger partial charge on any atom is -0.493 e. The summed E-state index contributed by atoms with van der Waals surface area (Å²) in [5.74, 6) is 1.71. The summed E-state index contributed by atoms with van der Waals surface area (Å²) in [4.78, 5) is 21.2. The Kier molecular flexibility index (Phi) is 4.99. The first kappa shape index (κ1) is 18.7. The minimum absolute atomic E-state index is 0.0614. The van der Waals surface area contributed by atoms with Gasteiger partial charge in [0.05, 0.1) is 33.4 Å². The molecule has 29 heavy (non-hydrogen) atoms. The molecule has 0 N–H and O–H groups in total. The lowest BCUT2D eigenvalue weighted by atomic mass is 10.0. The van der Waals surface area contributed by atoms with Gasteiger partial charge in [-0.15, -0.1) is 0 Å². The molecule has 0 saturated heterocycles. The SMILES string of the molecule is COc1cc(-c2cnc3c(c2)C(=Cc2ccncc2)C(=O)C3)cc(OC)c1OC. The van der Waals surface area contributed by atoms with E-state index in [0.29, 0.717) is 29.2 Å². The van der Waals surface area contributed by atoms with Gasteiger partial charge in [0.1, 0.15) is 0 Å². The fourth-order valence-electron chi connectivity index (χ4n) is 3.45. The number of hydrogen-bond acceptors (Lipinski definition) is 6. The van der Waals surface area contributed by atoms with E-state index < -0.39 is 0 Å². The van der Waals surface area contributed by atoms with Gasteiger partial charge < -0.3 is 14.2 Å². The highest BCUT2D eigenvalue weighted by atomic mass is 16.5. The third kappa shape index (κ3) is 3.45. The zero-order valence-corrected chi connectivity index (χ0v) is 16.4. The summed E-state index contributed by atoms with van der Waals surface area (Å²) in [6, 6.07) is 9.46. The molecule has 0 fully saturated rings. The molecule has 0 radical (unpaired) electrons. The lowest BCUT2D eigenvalue weighted by molar-refractivity contribution is -0.112. The highest BCUT2D eigenvalue weighted by Gasteiger charge is 2.26. The summed E-state index contributed by atoms with van der Waals surface area (Å²) in [5, 5.41) is 0. The summed E-state index contributed by atoms with van der Waals surface area (Å²) in [6.45, 7) is 0. The van der Waals surface area contributed by atoms with Crippen LogP contribution in [-0.2, 0) is 11.2 Å². The second-order valence-corrected chi connectivity index (χ2v) is 6.57. The zero-order chi connectivity index (χ0) is 20.4. The van der Waals surface area contributed by atoms with Crippen molar-refractivity contribution in [2.24, 2.45) is 0 Å². The molecule has 0 atom stereocenters. The quantitative estimate of drug-likeness (QED) is 0.619. The van der Waals surface area contributed by atoms with Crippen molar-refractivity contribution in [2.45, 2.75) is 6.42 Å². The van der Waals surface area contributed by atoms with Crippen molar-refractivity contribution >= 4 is 17.4 Å². The van der Waals surface area contributed by atoms with Crippen LogP contribution in [0, 0.1) is 0 Å². The van der Waals surface area contributed by atoms with Gasteiger partial charge in [-0.3, -0.25) is 14.8 Å². The number of ketones is 1. The molecule has 0 amide bonds. The number of carbonyl (C=O) groups is 1. The predicted octanol–water partition coefficient (Wildman–Crippen LogP) is 3.84. The van der Waals surface area contributed by atoms with Gasteiger partial charge >= 0.3 is 0 Å². The molecule has 2 heterocycles. The van der Waals surface area contributed by atoms with Crippen molar-refractivity contribution in [3.8, 4) is 28.4 Å². The van der Waals surface area contributed by atoms with Gasteiger partial charge in [0.2, 0.25) is 5.75 Å². The second-order valence-electron chi connectivity index (χ2n) is 6.57. The molecule has 0 bridgehead atoms. The van der Waals surface area contributed by atoms with Crippen molar-refractivity contribution in [2.75, 3.05) is 21.3 Å². The van der Waals surface area contributed by atoms with Crippen LogP contribution in [0.4, 0.5) is 0 Å². The van der Waals surface area contributed by atoms with Crippen LogP contribution in [0.1, 0.15) is 16.8 Å². The van der Waals surface area contributed by atoms with Crippen LogP contribution >= 0.6 is 0 Å². The summed E-state index contributed by atoms with van der Waals surface area (Å²) in [7, 11) is 4.73. The predicted molar refractivity (Wildman–Crippen MR) is 110 cm³/mol. The molecule has 0 spiro atoms. The van der Waals surface area contributed by atoms with Gasteiger partial charge in [0, 0.05) is 35.3 Å². The number of benzene rings is 1. The number of pyridine rings is 2. The van der Waals surface area contributed by atoms with E-state index in [1.807, 2.05) is 36.4 Å². The van der Waals surface area contributed by atoms with Crippen molar-refractivity contribution in [1.82, 2.24) is 9.97 Å². The van der Waals surface area contributed by atoms with Crippen LogP contribution in [0.15, 0.2) is 48.9 Å². The van der Waals surface area contributed by atoms with E-state index in [0.717, 1.165) is 27.9 Å². The van der Waals surface area contributed by atoms with Crippen molar-refractivity contribution in [3.05, 3.63) is 65.7 Å². The third-order valence-corrected chi connectivity index (χ3v) is 4.90. The molecule has 146 valence electrons. The minimum atomic E-state index is 0.0614. The molecule has 1 aromatic carbocycles. The van der Waals surface area contributed by atoms with Crippen molar-refractivity contribution < 1.29 is 19.0 Å². The number of carbonyl (C=O) groups excluding carboxylic acids is 1. The Bertz CT molecular complexity index is 1080. The summed E-state index contributed by atoms with van der Waals surface area (Å²) < 4.78 is 16.3. The highest BCUT2D eigenvalue weighted by molar-refractivity contribution is 6.29. The Balaban J connectivity index is 1.82. The molecule has 6 heteroatoms. The fourth-order valence-corrected chi connectivity index (χ4v) is 3.45. The fraction of sp³-hybridized carbons (Fsp3) is 0.174. The molecule has 0 aliphatic heterocycles. The van der Waals surface area contributed by atoms with E-state index in [9.17, 15) is 4.79 Å². The van der Waals surface area contributed by atoms with Crippen LogP contribution in [0.25, 0.3) is 22.8 Å². The number of hydrogen-bond donors (Lipinski definition) is 0. The first-order chi connectivity index (χ1) is 14.1. The number of methoxy groups -OCH3 is 3. The summed E-state index contributed by atoms with van der Waals surface area (Å²) in [6.07, 6.45) is 7.37. The maximum absolute atomic E-state index is 12.6. The van der Waals surface area contributed by atoms with Gasteiger partial charge in [0.15, 0.2) is 17.3 Å². The van der Waals surface area contributed by atoms with E-state index in [-0.39, 0.29) is 5.78 Å². The third-order valence-electron chi connectivity index (χ3n) is 4.90. The van der Waals surface area contributed by atoms with Crippen molar-refractivity contribution in [1.29, 1.82) is 0 Å². The Morgan fingerprint density at radius 1 is 0.931 bits per heavy atom. The number of aromatic nitrogens is 2. The Labute approximate surface area is 168 Å². The molecule has 4 rings (SSSR count). The molecular weight excluding hydrogens is 368 g/mol. The monoisotopic (exact) mass is 388 g/mol. The molecule has 6 nitrogen and oxygen atoms in total. The second kappa shape index (κ2) is 7.75. The maximum atomic E-state index is 12.6. The van der Waals surface area contributed by atoms with Gasteiger partial charge in [-0.1, -0.05) is 0 Å². The number of ether oxygens (including phenoxy) is 3. The van der Waals surface area contributed by atoms with E-state index in [4.69, 9.17) is 14.2 Å². The van der Waals surface area contributed by atoms with E-state index >= 15 is 0 Å². The molecule has 0 saturated carbocycles. The van der Waals surface area contributed by atoms with Crippen LogP contribution < -0.4 is 14.2 Å². The molecule has 2 aromatic heterocycles. The van der Waals surface area contributed by atoms with Gasteiger partial charge in [-0.2, -0.15) is 0 Å². The largest absolute Gasteiger partial charge is 0.493 e. The average Bonchev–Trinajstić information content (AvgIpc) is 3.07.